The van der Waals surface area contributed by atoms with Crippen molar-refractivity contribution < 1.29 is 0 Å². The molecular weight excluding hydrogens is 200 g/mol. The molecule has 76 valence electrons. The minimum absolute atomic E-state index is 1.05. The third-order valence-electron chi connectivity index (χ3n) is 2.32. The van der Waals surface area contributed by atoms with E-state index < -0.39 is 0 Å². The van der Waals surface area contributed by atoms with Gasteiger partial charge in [0.25, 0.3) is 0 Å². The van der Waals surface area contributed by atoms with Crippen LogP contribution in [0.25, 0.3) is 11.1 Å². The zero-order valence-corrected chi connectivity index (χ0v) is 9.63. The van der Waals surface area contributed by atoms with Crippen molar-refractivity contribution in [3.63, 3.8) is 0 Å². The molecular formula is C14H14S. The molecule has 0 aliphatic heterocycles. The first-order valence-corrected chi connectivity index (χ1v) is 6.02. The van der Waals surface area contributed by atoms with Crippen LogP contribution >= 0.6 is 11.3 Å². The highest BCUT2D eigenvalue weighted by molar-refractivity contribution is 7.10. The van der Waals surface area contributed by atoms with Crippen LogP contribution in [-0.2, 0) is 6.42 Å². The Kier molecular flexibility index (Phi) is 3.36. The van der Waals surface area contributed by atoms with Crippen LogP contribution in [0.4, 0.5) is 0 Å². The number of hydrogen-bond donors (Lipinski definition) is 0. The Morgan fingerprint density at radius 2 is 1.93 bits per heavy atom. The Hall–Kier alpha value is -1.34. The van der Waals surface area contributed by atoms with Crippen molar-refractivity contribution in [1.82, 2.24) is 0 Å². The Morgan fingerprint density at radius 1 is 1.13 bits per heavy atom. The summed E-state index contributed by atoms with van der Waals surface area (Å²) >= 11 is 1.83. The second kappa shape index (κ2) is 4.94. The lowest BCUT2D eigenvalue weighted by Crippen LogP contribution is -1.73. The minimum atomic E-state index is 1.05. The number of benzene rings is 1. The normalized spacial score (nSPS) is 11.0. The molecule has 0 saturated heterocycles. The van der Waals surface area contributed by atoms with Crippen molar-refractivity contribution in [3.8, 4) is 11.1 Å². The van der Waals surface area contributed by atoms with Crippen LogP contribution in [0, 0.1) is 0 Å². The lowest BCUT2D eigenvalue weighted by molar-refractivity contribution is 1.33. The number of rotatable bonds is 3. The maximum Gasteiger partial charge on any atom is 0.00892 e. The van der Waals surface area contributed by atoms with E-state index in [2.05, 4.69) is 60.9 Å². The van der Waals surface area contributed by atoms with Gasteiger partial charge in [-0.15, -0.1) is 11.3 Å². The topological polar surface area (TPSA) is 0 Å². The van der Waals surface area contributed by atoms with Crippen molar-refractivity contribution in [1.29, 1.82) is 0 Å². The fourth-order valence-electron chi connectivity index (χ4n) is 1.50. The molecule has 2 rings (SSSR count). The quantitative estimate of drug-likeness (QED) is 0.658. The minimum Gasteiger partial charge on any atom is -0.148 e. The molecule has 0 aliphatic carbocycles. The van der Waals surface area contributed by atoms with E-state index in [0.29, 0.717) is 0 Å². The zero-order valence-electron chi connectivity index (χ0n) is 8.81. The zero-order chi connectivity index (χ0) is 10.5. The fraction of sp³-hybridized carbons (Fsp3) is 0.143. The highest BCUT2D eigenvalue weighted by atomic mass is 32.1. The Balaban J connectivity index is 2.20. The van der Waals surface area contributed by atoms with Crippen LogP contribution in [0.3, 0.4) is 0 Å². The van der Waals surface area contributed by atoms with E-state index in [-0.39, 0.29) is 0 Å². The Morgan fingerprint density at radius 3 is 2.67 bits per heavy atom. The van der Waals surface area contributed by atoms with Crippen LogP contribution < -0.4 is 0 Å². The molecule has 15 heavy (non-hydrogen) atoms. The van der Waals surface area contributed by atoms with Crippen molar-refractivity contribution in [3.05, 3.63) is 58.8 Å². The molecule has 1 heteroatoms. The first-order valence-electron chi connectivity index (χ1n) is 5.14. The summed E-state index contributed by atoms with van der Waals surface area (Å²) in [5.41, 5.74) is 2.64. The molecule has 0 atom stereocenters. The largest absolute Gasteiger partial charge is 0.148 e. The van der Waals surface area contributed by atoms with Crippen LogP contribution in [0.5, 0.6) is 0 Å². The molecule has 0 radical (unpaired) electrons. The second-order valence-corrected chi connectivity index (χ2v) is 4.44. The maximum absolute atomic E-state index is 2.28. The Bertz CT molecular complexity index is 437. The van der Waals surface area contributed by atoms with E-state index in [1.54, 1.807) is 0 Å². The van der Waals surface area contributed by atoms with Gasteiger partial charge in [0.2, 0.25) is 0 Å². The number of hydrogen-bond acceptors (Lipinski definition) is 1. The van der Waals surface area contributed by atoms with Gasteiger partial charge in [-0.25, -0.2) is 0 Å². The molecule has 0 aliphatic rings. The van der Waals surface area contributed by atoms with Crippen molar-refractivity contribution >= 4 is 11.3 Å². The first kappa shape index (κ1) is 10.2. The van der Waals surface area contributed by atoms with Crippen molar-refractivity contribution in [2.75, 3.05) is 0 Å². The molecule has 0 fully saturated rings. The molecule has 1 heterocycles. The van der Waals surface area contributed by atoms with Crippen molar-refractivity contribution in [2.45, 2.75) is 13.3 Å². The van der Waals surface area contributed by atoms with Gasteiger partial charge in [-0.1, -0.05) is 42.5 Å². The average Bonchev–Trinajstić information content (AvgIpc) is 2.76. The first-order chi connectivity index (χ1) is 7.40. The molecule has 0 bridgehead atoms. The van der Waals surface area contributed by atoms with Gasteiger partial charge in [0.15, 0.2) is 0 Å². The molecule has 0 unspecified atom stereocenters. The third-order valence-corrected chi connectivity index (χ3v) is 3.27. The summed E-state index contributed by atoms with van der Waals surface area (Å²) in [6, 6.07) is 12.8. The monoisotopic (exact) mass is 214 g/mol. The van der Waals surface area contributed by atoms with Crippen LogP contribution in [0.2, 0.25) is 0 Å². The lowest BCUT2D eigenvalue weighted by Gasteiger charge is -1.94. The van der Waals surface area contributed by atoms with Gasteiger partial charge in [-0.05, 0) is 35.9 Å². The van der Waals surface area contributed by atoms with E-state index in [1.165, 1.54) is 16.0 Å². The molecule has 2 aromatic rings. The van der Waals surface area contributed by atoms with Crippen molar-refractivity contribution in [2.24, 2.45) is 0 Å². The van der Waals surface area contributed by atoms with Gasteiger partial charge in [0.05, 0.1) is 0 Å². The van der Waals surface area contributed by atoms with Gasteiger partial charge in [-0.3, -0.25) is 0 Å². The second-order valence-electron chi connectivity index (χ2n) is 3.44. The Labute approximate surface area is 94.9 Å². The summed E-state index contributed by atoms with van der Waals surface area (Å²) in [5.74, 6) is 0. The van der Waals surface area contributed by atoms with E-state index in [4.69, 9.17) is 0 Å². The molecule has 1 aromatic heterocycles. The average molecular weight is 214 g/mol. The molecule has 0 saturated carbocycles. The van der Waals surface area contributed by atoms with Crippen LogP contribution in [0.1, 0.15) is 11.8 Å². The predicted molar refractivity (Wildman–Crippen MR) is 68.3 cm³/mol. The summed E-state index contributed by atoms with van der Waals surface area (Å²) in [6.45, 7) is 2.06. The molecule has 0 spiro atoms. The molecule has 0 nitrogen and oxygen atoms in total. The third kappa shape index (κ3) is 2.57. The maximum atomic E-state index is 2.28. The molecule has 0 amide bonds. The van der Waals surface area contributed by atoms with Gasteiger partial charge in [-0.2, -0.15) is 0 Å². The number of thiophene rings is 1. The summed E-state index contributed by atoms with van der Waals surface area (Å²) in [4.78, 5) is 1.42. The van der Waals surface area contributed by atoms with E-state index in [9.17, 15) is 0 Å². The predicted octanol–water partition coefficient (Wildman–Crippen LogP) is 4.53. The SMILES string of the molecule is CC=CCc1cc(-c2ccccc2)cs1. The smallest absolute Gasteiger partial charge is 0.00892 e. The van der Waals surface area contributed by atoms with Gasteiger partial charge in [0.1, 0.15) is 0 Å². The fourth-order valence-corrected chi connectivity index (χ4v) is 2.37. The van der Waals surface area contributed by atoms with Gasteiger partial charge in [0, 0.05) is 4.88 Å². The lowest BCUT2D eigenvalue weighted by atomic mass is 10.1. The van der Waals surface area contributed by atoms with E-state index in [1.807, 2.05) is 11.3 Å². The van der Waals surface area contributed by atoms with E-state index in [0.717, 1.165) is 6.42 Å². The van der Waals surface area contributed by atoms with Crippen LogP contribution in [-0.4, -0.2) is 0 Å². The number of allylic oxidation sites excluding steroid dienone is 2. The molecule has 1 aromatic carbocycles. The summed E-state index contributed by atoms with van der Waals surface area (Å²) < 4.78 is 0. The summed E-state index contributed by atoms with van der Waals surface area (Å²) in [5, 5.41) is 2.23. The summed E-state index contributed by atoms with van der Waals surface area (Å²) in [7, 11) is 0. The highest BCUT2D eigenvalue weighted by Crippen LogP contribution is 2.25. The highest BCUT2D eigenvalue weighted by Gasteiger charge is 2.00. The standard InChI is InChI=1S/C14H14S/c1-2-3-9-14-10-13(11-15-14)12-7-5-4-6-8-12/h2-8,10-11H,9H2,1H3. The van der Waals surface area contributed by atoms with Crippen LogP contribution in [0.15, 0.2) is 53.9 Å². The van der Waals surface area contributed by atoms with E-state index >= 15 is 0 Å². The van der Waals surface area contributed by atoms with Gasteiger partial charge < -0.3 is 0 Å². The molecule has 0 N–H and O–H groups in total. The summed E-state index contributed by atoms with van der Waals surface area (Å²) in [6.07, 6.45) is 5.34. The van der Waals surface area contributed by atoms with Gasteiger partial charge >= 0.3 is 0 Å².